The van der Waals surface area contributed by atoms with E-state index < -0.39 is 0 Å². The number of nitrogens with zero attached hydrogens (tertiary/aromatic N) is 2. The molecular weight excluding hydrogens is 226 g/mol. The number of aromatic hydroxyl groups is 1. The number of anilines is 1. The Labute approximate surface area is 104 Å². The molecule has 4 heteroatoms. The van der Waals surface area contributed by atoms with E-state index in [-0.39, 0.29) is 5.75 Å². The van der Waals surface area contributed by atoms with E-state index >= 15 is 0 Å². The van der Waals surface area contributed by atoms with Gasteiger partial charge in [0.15, 0.2) is 0 Å². The summed E-state index contributed by atoms with van der Waals surface area (Å²) in [6, 6.07) is 13.3. The summed E-state index contributed by atoms with van der Waals surface area (Å²) in [7, 11) is 1.77. The van der Waals surface area contributed by atoms with E-state index in [9.17, 15) is 5.11 Å². The molecule has 90 valence electrons. The van der Waals surface area contributed by atoms with Crippen molar-refractivity contribution in [1.29, 1.82) is 0 Å². The Balaban J connectivity index is 2.25. The first-order chi connectivity index (χ1) is 8.65. The van der Waals surface area contributed by atoms with E-state index in [4.69, 9.17) is 5.73 Å². The van der Waals surface area contributed by atoms with Gasteiger partial charge >= 0.3 is 0 Å². The maximum absolute atomic E-state index is 10.1. The smallest absolute Gasteiger partial charge is 0.125 e. The van der Waals surface area contributed by atoms with E-state index in [0.29, 0.717) is 17.1 Å². The van der Waals surface area contributed by atoms with E-state index in [1.54, 1.807) is 23.9 Å². The molecule has 3 N–H and O–H groups in total. The minimum atomic E-state index is 0.215. The summed E-state index contributed by atoms with van der Waals surface area (Å²) >= 11 is 0. The van der Waals surface area contributed by atoms with Crippen LogP contribution >= 0.6 is 0 Å². The van der Waals surface area contributed by atoms with Crippen LogP contribution < -0.4 is 5.73 Å². The van der Waals surface area contributed by atoms with Crippen LogP contribution in [0.15, 0.2) is 42.5 Å². The topological polar surface area (TPSA) is 64.1 Å². The number of nitrogens with two attached hydrogens (primary N) is 1. The Morgan fingerprint density at radius 3 is 2.39 bits per heavy atom. The molecule has 3 aromatic rings. The van der Waals surface area contributed by atoms with Gasteiger partial charge in [0.05, 0.1) is 5.69 Å². The summed E-state index contributed by atoms with van der Waals surface area (Å²) in [5.74, 6) is 0.782. The second kappa shape index (κ2) is 3.77. The van der Waals surface area contributed by atoms with Gasteiger partial charge in [-0.05, 0) is 22.9 Å². The fourth-order valence-corrected chi connectivity index (χ4v) is 2.05. The Kier molecular flexibility index (Phi) is 2.23. The molecule has 0 aliphatic carbocycles. The van der Waals surface area contributed by atoms with Gasteiger partial charge in [0.25, 0.3) is 0 Å². The summed E-state index contributed by atoms with van der Waals surface area (Å²) in [5, 5.41) is 16.4. The van der Waals surface area contributed by atoms with Crippen LogP contribution in [0.25, 0.3) is 22.0 Å². The van der Waals surface area contributed by atoms with Crippen molar-refractivity contribution in [3.8, 4) is 17.0 Å². The lowest BCUT2D eigenvalue weighted by Gasteiger charge is -2.04. The number of aromatic nitrogens is 2. The van der Waals surface area contributed by atoms with Crippen molar-refractivity contribution >= 4 is 16.6 Å². The highest BCUT2D eigenvalue weighted by Gasteiger charge is 2.10. The van der Waals surface area contributed by atoms with Gasteiger partial charge in [0, 0.05) is 18.7 Å². The lowest BCUT2D eigenvalue weighted by atomic mass is 10.0. The van der Waals surface area contributed by atoms with Crippen molar-refractivity contribution in [1.82, 2.24) is 9.78 Å². The van der Waals surface area contributed by atoms with Crippen molar-refractivity contribution in [3.63, 3.8) is 0 Å². The van der Waals surface area contributed by atoms with Crippen molar-refractivity contribution in [3.05, 3.63) is 42.5 Å². The van der Waals surface area contributed by atoms with Gasteiger partial charge in [-0.3, -0.25) is 4.68 Å². The SMILES string of the molecule is Cn1nc(-c2cc3ccccc3cc2O)cc1N. The number of hydrogen-bond acceptors (Lipinski definition) is 3. The van der Waals surface area contributed by atoms with Crippen LogP contribution in [-0.2, 0) is 7.05 Å². The average molecular weight is 239 g/mol. The zero-order valence-electron chi connectivity index (χ0n) is 9.96. The summed E-state index contributed by atoms with van der Waals surface area (Å²) in [6.45, 7) is 0. The molecule has 18 heavy (non-hydrogen) atoms. The highest BCUT2D eigenvalue weighted by Crippen LogP contribution is 2.33. The van der Waals surface area contributed by atoms with Gasteiger partial charge in [-0.25, -0.2) is 0 Å². The van der Waals surface area contributed by atoms with Crippen LogP contribution in [0.3, 0.4) is 0 Å². The van der Waals surface area contributed by atoms with Gasteiger partial charge in [0.2, 0.25) is 0 Å². The molecule has 0 atom stereocenters. The highest BCUT2D eigenvalue weighted by atomic mass is 16.3. The first kappa shape index (κ1) is 10.7. The normalized spacial score (nSPS) is 10.9. The van der Waals surface area contributed by atoms with Crippen LogP contribution in [0.4, 0.5) is 5.82 Å². The van der Waals surface area contributed by atoms with E-state index in [1.165, 1.54) is 0 Å². The number of nitrogen functional groups attached to an aromatic ring is 1. The number of benzene rings is 2. The third-order valence-corrected chi connectivity index (χ3v) is 3.06. The summed E-state index contributed by atoms with van der Waals surface area (Å²) < 4.78 is 1.59. The van der Waals surface area contributed by atoms with Crippen LogP contribution in [0.1, 0.15) is 0 Å². The zero-order valence-corrected chi connectivity index (χ0v) is 9.96. The Morgan fingerprint density at radius 2 is 1.78 bits per heavy atom. The molecule has 0 radical (unpaired) electrons. The molecule has 0 aliphatic heterocycles. The van der Waals surface area contributed by atoms with Gasteiger partial charge in [-0.2, -0.15) is 5.10 Å². The standard InChI is InChI=1S/C14H13N3O/c1-17-14(15)8-12(16-17)11-6-9-4-2-3-5-10(9)7-13(11)18/h2-8,18H,15H2,1H3. The molecule has 4 nitrogen and oxygen atoms in total. The fourth-order valence-electron chi connectivity index (χ4n) is 2.05. The lowest BCUT2D eigenvalue weighted by Crippen LogP contribution is -1.96. The average Bonchev–Trinajstić information content (AvgIpc) is 2.68. The third-order valence-electron chi connectivity index (χ3n) is 3.06. The summed E-state index contributed by atoms with van der Waals surface area (Å²) in [5.41, 5.74) is 7.13. The number of aryl methyl sites for hydroxylation is 1. The number of fused-ring (bicyclic) bond motifs is 1. The van der Waals surface area contributed by atoms with Gasteiger partial charge in [0.1, 0.15) is 11.6 Å². The molecular formula is C14H13N3O. The Bertz CT molecular complexity index is 711. The lowest BCUT2D eigenvalue weighted by molar-refractivity contribution is 0.478. The molecule has 0 unspecified atom stereocenters. The molecule has 0 saturated heterocycles. The molecule has 0 bridgehead atoms. The number of hydrogen-bond donors (Lipinski definition) is 2. The molecule has 0 aliphatic rings. The fraction of sp³-hybridized carbons (Fsp3) is 0.0714. The van der Waals surface area contributed by atoms with E-state index in [2.05, 4.69) is 5.10 Å². The third kappa shape index (κ3) is 1.59. The van der Waals surface area contributed by atoms with E-state index in [0.717, 1.165) is 10.8 Å². The number of phenols is 1. The maximum atomic E-state index is 10.1. The Morgan fingerprint density at radius 1 is 1.11 bits per heavy atom. The summed E-state index contributed by atoms with van der Waals surface area (Å²) in [6.07, 6.45) is 0. The quantitative estimate of drug-likeness (QED) is 0.685. The summed E-state index contributed by atoms with van der Waals surface area (Å²) in [4.78, 5) is 0. The number of phenolic OH excluding ortho intramolecular Hbond substituents is 1. The van der Waals surface area contributed by atoms with Crippen molar-refractivity contribution < 1.29 is 5.11 Å². The monoisotopic (exact) mass is 239 g/mol. The van der Waals surface area contributed by atoms with Gasteiger partial charge in [-0.1, -0.05) is 24.3 Å². The van der Waals surface area contributed by atoms with Crippen molar-refractivity contribution in [2.75, 3.05) is 5.73 Å². The minimum Gasteiger partial charge on any atom is -0.507 e. The molecule has 3 rings (SSSR count). The molecule has 2 aromatic carbocycles. The zero-order chi connectivity index (χ0) is 12.7. The minimum absolute atomic E-state index is 0.215. The van der Waals surface area contributed by atoms with Gasteiger partial charge in [-0.15, -0.1) is 0 Å². The molecule has 0 spiro atoms. The first-order valence-corrected chi connectivity index (χ1v) is 5.67. The molecule has 1 aromatic heterocycles. The van der Waals surface area contributed by atoms with E-state index in [1.807, 2.05) is 30.3 Å². The molecule has 1 heterocycles. The number of rotatable bonds is 1. The van der Waals surface area contributed by atoms with Crippen LogP contribution in [0.5, 0.6) is 5.75 Å². The van der Waals surface area contributed by atoms with Crippen molar-refractivity contribution in [2.45, 2.75) is 0 Å². The Hall–Kier alpha value is -2.49. The van der Waals surface area contributed by atoms with Gasteiger partial charge < -0.3 is 10.8 Å². The second-order valence-electron chi connectivity index (χ2n) is 4.29. The maximum Gasteiger partial charge on any atom is 0.125 e. The first-order valence-electron chi connectivity index (χ1n) is 5.67. The largest absolute Gasteiger partial charge is 0.507 e. The molecule has 0 amide bonds. The van der Waals surface area contributed by atoms with Crippen LogP contribution in [-0.4, -0.2) is 14.9 Å². The predicted molar refractivity (Wildman–Crippen MR) is 72.2 cm³/mol. The molecule has 0 fully saturated rings. The van der Waals surface area contributed by atoms with Crippen LogP contribution in [0, 0.1) is 0 Å². The second-order valence-corrected chi connectivity index (χ2v) is 4.29. The predicted octanol–water partition coefficient (Wildman–Crippen LogP) is 2.53. The molecule has 0 saturated carbocycles. The van der Waals surface area contributed by atoms with Crippen molar-refractivity contribution in [2.24, 2.45) is 7.05 Å². The highest BCUT2D eigenvalue weighted by molar-refractivity contribution is 5.90. The van der Waals surface area contributed by atoms with Crippen LogP contribution in [0.2, 0.25) is 0 Å².